The lowest BCUT2D eigenvalue weighted by Crippen LogP contribution is -2.00. The summed E-state index contributed by atoms with van der Waals surface area (Å²) in [5, 5.41) is 17.2. The fraction of sp³-hybridized carbons (Fsp3) is 0. The zero-order valence-corrected chi connectivity index (χ0v) is 9.35. The number of nitrogens with zero attached hydrogens (tertiary/aromatic N) is 5. The van der Waals surface area contributed by atoms with E-state index < -0.39 is 0 Å². The summed E-state index contributed by atoms with van der Waals surface area (Å²) in [6.45, 7) is 0. The topological polar surface area (TPSA) is 127 Å². The minimum atomic E-state index is 0.266. The molecule has 0 atom stereocenters. The molecule has 0 saturated heterocycles. The fourth-order valence-corrected chi connectivity index (χ4v) is 1.86. The minimum absolute atomic E-state index is 0.266. The van der Waals surface area contributed by atoms with Crippen LogP contribution >= 0.6 is 11.8 Å². The molecule has 0 bridgehead atoms. The van der Waals surface area contributed by atoms with Gasteiger partial charge in [0.05, 0.1) is 11.8 Å². The molecule has 0 saturated carbocycles. The molecule has 8 heteroatoms. The minimum Gasteiger partial charge on any atom is -0.383 e. The quantitative estimate of drug-likeness (QED) is 0.730. The van der Waals surface area contributed by atoms with Crippen LogP contribution in [0.5, 0.6) is 0 Å². The van der Waals surface area contributed by atoms with Gasteiger partial charge in [-0.05, 0) is 17.8 Å². The van der Waals surface area contributed by atoms with Gasteiger partial charge < -0.3 is 11.5 Å². The number of hydrogen-bond acceptors (Lipinski definition) is 8. The Balaban J connectivity index is 2.35. The lowest BCUT2D eigenvalue weighted by molar-refractivity contribution is 0.907. The molecule has 2 aromatic heterocycles. The number of nitriles is 1. The van der Waals surface area contributed by atoms with Crippen molar-refractivity contribution in [2.45, 2.75) is 10.2 Å². The lowest BCUT2D eigenvalue weighted by Gasteiger charge is -2.02. The van der Waals surface area contributed by atoms with Crippen LogP contribution in [0.3, 0.4) is 0 Å². The molecule has 0 aliphatic rings. The zero-order chi connectivity index (χ0) is 12.3. The van der Waals surface area contributed by atoms with Gasteiger partial charge in [0.25, 0.3) is 0 Å². The predicted molar refractivity (Wildman–Crippen MR) is 61.7 cm³/mol. The number of anilines is 2. The van der Waals surface area contributed by atoms with Crippen LogP contribution in [0.2, 0.25) is 0 Å². The van der Waals surface area contributed by atoms with Gasteiger partial charge in [0.15, 0.2) is 5.16 Å². The Morgan fingerprint density at radius 3 is 2.59 bits per heavy atom. The smallest absolute Gasteiger partial charge is 0.197 e. The lowest BCUT2D eigenvalue weighted by atomic mass is 10.3. The van der Waals surface area contributed by atoms with Crippen LogP contribution in [0.15, 0.2) is 28.5 Å². The van der Waals surface area contributed by atoms with Gasteiger partial charge in [-0.15, -0.1) is 5.10 Å². The van der Waals surface area contributed by atoms with Crippen LogP contribution in [-0.2, 0) is 0 Å². The van der Waals surface area contributed by atoms with Gasteiger partial charge in [-0.3, -0.25) is 0 Å². The SMILES string of the molecule is N#Cc1ccnnc1Sc1nc(N)cc(N)n1. The van der Waals surface area contributed by atoms with Gasteiger partial charge in [-0.2, -0.15) is 10.4 Å². The van der Waals surface area contributed by atoms with Crippen molar-refractivity contribution in [1.82, 2.24) is 20.2 Å². The zero-order valence-electron chi connectivity index (χ0n) is 8.53. The Kier molecular flexibility index (Phi) is 3.02. The summed E-state index contributed by atoms with van der Waals surface area (Å²) >= 11 is 1.09. The second kappa shape index (κ2) is 4.63. The summed E-state index contributed by atoms with van der Waals surface area (Å²) in [4.78, 5) is 7.95. The van der Waals surface area contributed by atoms with E-state index in [2.05, 4.69) is 20.2 Å². The number of aromatic nitrogens is 4. The van der Waals surface area contributed by atoms with E-state index in [1.807, 2.05) is 6.07 Å². The Morgan fingerprint density at radius 1 is 1.24 bits per heavy atom. The molecule has 0 aromatic carbocycles. The Morgan fingerprint density at radius 2 is 1.94 bits per heavy atom. The maximum Gasteiger partial charge on any atom is 0.197 e. The molecule has 2 aromatic rings. The molecular formula is C9H7N7S. The monoisotopic (exact) mass is 245 g/mol. The maximum absolute atomic E-state index is 8.88. The number of nitrogens with two attached hydrogens (primary N) is 2. The molecule has 7 nitrogen and oxygen atoms in total. The van der Waals surface area contributed by atoms with Crippen LogP contribution in [0.4, 0.5) is 11.6 Å². The van der Waals surface area contributed by atoms with E-state index in [1.165, 1.54) is 12.3 Å². The van der Waals surface area contributed by atoms with E-state index in [9.17, 15) is 0 Å². The summed E-state index contributed by atoms with van der Waals surface area (Å²) in [5.41, 5.74) is 11.5. The normalized spacial score (nSPS) is 9.82. The maximum atomic E-state index is 8.88. The summed E-state index contributed by atoms with van der Waals surface area (Å²) in [5.74, 6) is 0.532. The first-order chi connectivity index (χ1) is 8.19. The Hall–Kier alpha value is -2.40. The van der Waals surface area contributed by atoms with Crippen molar-refractivity contribution >= 4 is 23.4 Å². The summed E-state index contributed by atoms with van der Waals surface area (Å²) in [6.07, 6.45) is 1.44. The third kappa shape index (κ3) is 2.59. The van der Waals surface area contributed by atoms with Crippen LogP contribution in [-0.4, -0.2) is 20.2 Å². The third-order valence-corrected chi connectivity index (χ3v) is 2.60. The summed E-state index contributed by atoms with van der Waals surface area (Å²) in [6, 6.07) is 5.01. The number of nitrogen functional groups attached to an aromatic ring is 2. The second-order valence-electron chi connectivity index (χ2n) is 2.96. The van der Waals surface area contributed by atoms with E-state index in [-0.39, 0.29) is 11.6 Å². The summed E-state index contributed by atoms with van der Waals surface area (Å²) < 4.78 is 0. The van der Waals surface area contributed by atoms with Crippen molar-refractivity contribution in [3.8, 4) is 6.07 Å². The molecule has 2 rings (SSSR count). The molecule has 0 aliphatic heterocycles. The van der Waals surface area contributed by atoms with Crippen molar-refractivity contribution < 1.29 is 0 Å². The molecule has 0 aliphatic carbocycles. The van der Waals surface area contributed by atoms with Gasteiger partial charge in [-0.1, -0.05) is 0 Å². The highest BCUT2D eigenvalue weighted by atomic mass is 32.2. The molecule has 2 heterocycles. The first-order valence-corrected chi connectivity index (χ1v) is 5.30. The largest absolute Gasteiger partial charge is 0.383 e. The van der Waals surface area contributed by atoms with Gasteiger partial charge in [0.1, 0.15) is 22.7 Å². The van der Waals surface area contributed by atoms with Crippen LogP contribution in [0, 0.1) is 11.3 Å². The van der Waals surface area contributed by atoms with Crippen molar-refractivity contribution in [1.29, 1.82) is 5.26 Å². The van der Waals surface area contributed by atoms with Gasteiger partial charge >= 0.3 is 0 Å². The van der Waals surface area contributed by atoms with Gasteiger partial charge in [0.2, 0.25) is 0 Å². The predicted octanol–water partition coefficient (Wildman–Crippen LogP) is 0.454. The van der Waals surface area contributed by atoms with Crippen LogP contribution < -0.4 is 11.5 Å². The van der Waals surface area contributed by atoms with Crippen LogP contribution in [0.25, 0.3) is 0 Å². The highest BCUT2D eigenvalue weighted by Crippen LogP contribution is 2.25. The average molecular weight is 245 g/mol. The molecule has 4 N–H and O–H groups in total. The second-order valence-corrected chi connectivity index (χ2v) is 3.92. The summed E-state index contributed by atoms with van der Waals surface area (Å²) in [7, 11) is 0. The van der Waals surface area contributed by atoms with Crippen molar-refractivity contribution in [3.05, 3.63) is 23.9 Å². The molecule has 84 valence electrons. The molecule has 17 heavy (non-hydrogen) atoms. The number of rotatable bonds is 2. The standard InChI is InChI=1S/C9H7N7S/c10-4-5-1-2-13-16-8(5)17-9-14-6(11)3-7(12)15-9/h1-3H,(H4,11,12,14,15). The highest BCUT2D eigenvalue weighted by molar-refractivity contribution is 7.99. The van der Waals surface area contributed by atoms with Gasteiger partial charge in [-0.25, -0.2) is 9.97 Å². The van der Waals surface area contributed by atoms with E-state index in [4.69, 9.17) is 16.7 Å². The van der Waals surface area contributed by atoms with E-state index >= 15 is 0 Å². The van der Waals surface area contributed by atoms with Crippen LogP contribution in [0.1, 0.15) is 5.56 Å². The molecular weight excluding hydrogens is 238 g/mol. The van der Waals surface area contributed by atoms with Crippen molar-refractivity contribution in [3.63, 3.8) is 0 Å². The van der Waals surface area contributed by atoms with E-state index in [0.717, 1.165) is 11.8 Å². The first-order valence-electron chi connectivity index (χ1n) is 4.48. The number of hydrogen-bond donors (Lipinski definition) is 2. The van der Waals surface area contributed by atoms with Crippen molar-refractivity contribution in [2.24, 2.45) is 0 Å². The Bertz CT molecular complexity index is 572. The van der Waals surface area contributed by atoms with Crippen molar-refractivity contribution in [2.75, 3.05) is 11.5 Å². The molecule has 0 spiro atoms. The fourth-order valence-electron chi connectivity index (χ4n) is 1.07. The van der Waals surface area contributed by atoms with Gasteiger partial charge in [0, 0.05) is 6.07 Å². The molecule has 0 amide bonds. The first kappa shape index (κ1) is 11.1. The van der Waals surface area contributed by atoms with E-state index in [0.29, 0.717) is 15.7 Å². The molecule has 0 unspecified atom stereocenters. The highest BCUT2D eigenvalue weighted by Gasteiger charge is 2.09. The van der Waals surface area contributed by atoms with E-state index in [1.54, 1.807) is 6.07 Å². The average Bonchev–Trinajstić information content (AvgIpc) is 2.28. The molecule has 0 fully saturated rings. The Labute approximate surface area is 101 Å². The third-order valence-electron chi connectivity index (χ3n) is 1.74. The molecule has 0 radical (unpaired) electrons.